The van der Waals surface area contributed by atoms with Gasteiger partial charge in [-0.3, -0.25) is 9.59 Å². The third kappa shape index (κ3) is 3.29. The van der Waals surface area contributed by atoms with Crippen molar-refractivity contribution in [3.8, 4) is 0 Å². The lowest BCUT2D eigenvalue weighted by molar-refractivity contribution is 0.0637. The second-order valence-electron chi connectivity index (χ2n) is 7.59. The lowest BCUT2D eigenvalue weighted by atomic mass is 10.0. The van der Waals surface area contributed by atoms with Gasteiger partial charge in [-0.2, -0.15) is 0 Å². The zero-order chi connectivity index (χ0) is 20.7. The van der Waals surface area contributed by atoms with E-state index in [2.05, 4.69) is 10.3 Å². The number of carbonyl (C=O) groups is 2. The Labute approximate surface area is 173 Å². The van der Waals surface area contributed by atoms with Gasteiger partial charge in [-0.1, -0.05) is 6.07 Å². The van der Waals surface area contributed by atoms with Crippen LogP contribution in [0, 0.1) is 0 Å². The van der Waals surface area contributed by atoms with Crippen LogP contribution in [0.1, 0.15) is 56.5 Å². The maximum atomic E-state index is 13.2. The van der Waals surface area contributed by atoms with Gasteiger partial charge in [-0.15, -0.1) is 0 Å². The second-order valence-corrected chi connectivity index (χ2v) is 7.59. The van der Waals surface area contributed by atoms with Gasteiger partial charge in [0.05, 0.1) is 32.1 Å². The van der Waals surface area contributed by atoms with Crippen LogP contribution in [-0.2, 0) is 31.0 Å². The molecule has 0 bridgehead atoms. The quantitative estimate of drug-likeness (QED) is 0.720. The van der Waals surface area contributed by atoms with Gasteiger partial charge in [0.1, 0.15) is 17.3 Å². The number of hydrogen-bond donors (Lipinski definition) is 1. The first-order valence-corrected chi connectivity index (χ1v) is 9.98. The van der Waals surface area contributed by atoms with E-state index in [9.17, 15) is 9.59 Å². The summed E-state index contributed by atoms with van der Waals surface area (Å²) in [6.45, 7) is 4.55. The van der Waals surface area contributed by atoms with Crippen molar-refractivity contribution in [3.63, 3.8) is 0 Å². The monoisotopic (exact) mass is 406 g/mol. The van der Waals surface area contributed by atoms with Crippen LogP contribution in [0.2, 0.25) is 0 Å². The Hall–Kier alpha value is -3.39. The van der Waals surface area contributed by atoms with Crippen LogP contribution in [0.25, 0.3) is 0 Å². The Morgan fingerprint density at radius 1 is 1.20 bits per heavy atom. The average molecular weight is 406 g/mol. The first-order chi connectivity index (χ1) is 14.6. The largest absolute Gasteiger partial charge is 0.467 e. The summed E-state index contributed by atoms with van der Waals surface area (Å²) in [5, 5.41) is 2.81. The molecule has 0 radical (unpaired) electrons. The smallest absolute Gasteiger partial charge is 0.271 e. The van der Waals surface area contributed by atoms with E-state index in [1.807, 2.05) is 34.6 Å². The lowest BCUT2D eigenvalue weighted by Gasteiger charge is -2.33. The van der Waals surface area contributed by atoms with E-state index in [1.54, 1.807) is 24.6 Å². The molecule has 1 aromatic carbocycles. The van der Waals surface area contributed by atoms with Crippen molar-refractivity contribution < 1.29 is 18.7 Å². The number of fused-ring (bicyclic) bond motifs is 2. The highest BCUT2D eigenvalue weighted by atomic mass is 16.5. The second kappa shape index (κ2) is 7.46. The van der Waals surface area contributed by atoms with Crippen LogP contribution < -0.4 is 5.32 Å². The number of amides is 2. The Morgan fingerprint density at radius 3 is 2.90 bits per heavy atom. The molecular formula is C22H22N4O4. The Kier molecular flexibility index (Phi) is 4.63. The number of nitrogens with one attached hydrogen (secondary N) is 1. The molecule has 5 rings (SSSR count). The lowest BCUT2D eigenvalue weighted by Crippen LogP contribution is -2.41. The molecule has 2 aliphatic heterocycles. The molecule has 0 saturated carbocycles. The molecule has 4 heterocycles. The Bertz CT molecular complexity index is 1100. The zero-order valence-corrected chi connectivity index (χ0v) is 16.6. The molecule has 1 N–H and O–H groups in total. The van der Waals surface area contributed by atoms with Crippen molar-refractivity contribution in [3.05, 3.63) is 76.8 Å². The van der Waals surface area contributed by atoms with E-state index >= 15 is 0 Å². The normalized spacial score (nSPS) is 17.5. The van der Waals surface area contributed by atoms with Gasteiger partial charge >= 0.3 is 0 Å². The summed E-state index contributed by atoms with van der Waals surface area (Å²) in [4.78, 5) is 32.0. The fraction of sp³-hybridized carbons (Fsp3) is 0.318. The van der Waals surface area contributed by atoms with E-state index < -0.39 is 0 Å². The van der Waals surface area contributed by atoms with Gasteiger partial charge in [0.25, 0.3) is 11.8 Å². The van der Waals surface area contributed by atoms with Crippen molar-refractivity contribution >= 4 is 11.8 Å². The molecule has 0 fully saturated rings. The fourth-order valence-corrected chi connectivity index (χ4v) is 4.02. The van der Waals surface area contributed by atoms with E-state index in [4.69, 9.17) is 9.15 Å². The number of carbonyl (C=O) groups excluding carboxylic acids is 2. The predicted molar refractivity (Wildman–Crippen MR) is 106 cm³/mol. The van der Waals surface area contributed by atoms with Gasteiger partial charge in [-0.25, -0.2) is 4.98 Å². The minimum atomic E-state index is -0.267. The molecule has 2 aromatic heterocycles. The van der Waals surface area contributed by atoms with Gasteiger partial charge < -0.3 is 23.9 Å². The van der Waals surface area contributed by atoms with Crippen molar-refractivity contribution in [2.75, 3.05) is 6.54 Å². The standard InChI is InChI=1S/C22H22N4O4/c1-14-20-24-19(21(27)23-10-18-3-2-8-30-18)11-25(20)6-7-26(14)22(28)15-4-5-16-12-29-13-17(16)9-15/h2-5,8-9,11,14H,6-7,10,12-13H2,1H3,(H,23,27)/t14-/m1/s1. The van der Waals surface area contributed by atoms with Crippen LogP contribution in [0.3, 0.4) is 0 Å². The molecule has 0 aliphatic carbocycles. The third-order valence-corrected chi connectivity index (χ3v) is 5.70. The highest BCUT2D eigenvalue weighted by Gasteiger charge is 2.31. The van der Waals surface area contributed by atoms with E-state index in [0.717, 1.165) is 11.1 Å². The molecule has 2 amide bonds. The predicted octanol–water partition coefficient (Wildman–Crippen LogP) is 2.65. The minimum absolute atomic E-state index is 0.0322. The molecular weight excluding hydrogens is 384 g/mol. The third-order valence-electron chi connectivity index (χ3n) is 5.70. The number of nitrogens with zero attached hydrogens (tertiary/aromatic N) is 3. The van der Waals surface area contributed by atoms with Crippen LogP contribution in [0.5, 0.6) is 0 Å². The zero-order valence-electron chi connectivity index (χ0n) is 16.6. The summed E-state index contributed by atoms with van der Waals surface area (Å²) in [5.41, 5.74) is 3.21. The minimum Gasteiger partial charge on any atom is -0.467 e. The molecule has 0 unspecified atom stereocenters. The molecule has 1 atom stereocenters. The van der Waals surface area contributed by atoms with Crippen LogP contribution in [-0.4, -0.2) is 32.8 Å². The maximum Gasteiger partial charge on any atom is 0.271 e. The SMILES string of the molecule is C[C@@H]1c2nc(C(=O)NCc3ccco3)cn2CCN1C(=O)c1ccc2c(c1)COC2. The Morgan fingerprint density at radius 2 is 2.07 bits per heavy atom. The summed E-state index contributed by atoms with van der Waals surface area (Å²) >= 11 is 0. The number of aromatic nitrogens is 2. The summed E-state index contributed by atoms with van der Waals surface area (Å²) in [5.74, 6) is 1.09. The van der Waals surface area contributed by atoms with E-state index in [-0.39, 0.29) is 17.9 Å². The van der Waals surface area contributed by atoms with E-state index in [1.165, 1.54) is 0 Å². The molecule has 30 heavy (non-hydrogen) atoms. The van der Waals surface area contributed by atoms with Gasteiger partial charge in [0, 0.05) is 24.8 Å². The summed E-state index contributed by atoms with van der Waals surface area (Å²) in [6, 6.07) is 9.09. The number of furan rings is 1. The molecule has 8 nitrogen and oxygen atoms in total. The number of hydrogen-bond acceptors (Lipinski definition) is 5. The summed E-state index contributed by atoms with van der Waals surface area (Å²) in [6.07, 6.45) is 3.32. The van der Waals surface area contributed by atoms with Gasteiger partial charge in [0.15, 0.2) is 0 Å². The van der Waals surface area contributed by atoms with Crippen molar-refractivity contribution in [2.24, 2.45) is 0 Å². The summed E-state index contributed by atoms with van der Waals surface area (Å²) < 4.78 is 12.6. The maximum absolute atomic E-state index is 13.2. The van der Waals surface area contributed by atoms with Crippen molar-refractivity contribution in [2.45, 2.75) is 39.3 Å². The first kappa shape index (κ1) is 18.6. The highest BCUT2D eigenvalue weighted by molar-refractivity contribution is 5.95. The number of rotatable bonds is 4. The van der Waals surface area contributed by atoms with Crippen LogP contribution >= 0.6 is 0 Å². The van der Waals surface area contributed by atoms with Gasteiger partial charge in [0.2, 0.25) is 0 Å². The van der Waals surface area contributed by atoms with Gasteiger partial charge in [-0.05, 0) is 42.3 Å². The number of ether oxygens (including phenoxy) is 1. The molecule has 154 valence electrons. The number of benzene rings is 1. The topological polar surface area (TPSA) is 89.6 Å². The molecule has 2 aliphatic rings. The average Bonchev–Trinajstić information content (AvgIpc) is 3.51. The first-order valence-electron chi connectivity index (χ1n) is 9.98. The fourth-order valence-electron chi connectivity index (χ4n) is 4.02. The van der Waals surface area contributed by atoms with Crippen molar-refractivity contribution in [1.29, 1.82) is 0 Å². The molecule has 8 heteroatoms. The molecule has 3 aromatic rings. The highest BCUT2D eigenvalue weighted by Crippen LogP contribution is 2.28. The summed E-state index contributed by atoms with van der Waals surface area (Å²) in [7, 11) is 0. The van der Waals surface area contributed by atoms with Crippen LogP contribution in [0.4, 0.5) is 0 Å². The molecule has 0 spiro atoms. The Balaban J connectivity index is 1.32. The van der Waals surface area contributed by atoms with Crippen molar-refractivity contribution in [1.82, 2.24) is 19.8 Å². The molecule has 0 saturated heterocycles. The number of imidazole rings is 1. The van der Waals surface area contributed by atoms with Crippen LogP contribution in [0.15, 0.2) is 47.2 Å². The van der Waals surface area contributed by atoms with E-state index in [0.29, 0.717) is 55.7 Å².